The molecule has 0 radical (unpaired) electrons. The topological polar surface area (TPSA) is 40.8 Å². The molecule has 0 saturated carbocycles. The molecule has 0 unspecified atom stereocenters. The van der Waals surface area contributed by atoms with Crippen molar-refractivity contribution in [1.82, 2.24) is 4.98 Å². The minimum atomic E-state index is -0.422. The maximum Gasteiger partial charge on any atom is 0.235 e. The third-order valence-corrected chi connectivity index (χ3v) is 5.74. The van der Waals surface area contributed by atoms with Crippen molar-refractivity contribution in [3.05, 3.63) is 59.0 Å². The molecule has 1 spiro atoms. The Kier molecular flexibility index (Phi) is 4.29. The van der Waals surface area contributed by atoms with Crippen molar-refractivity contribution in [3.63, 3.8) is 0 Å². The Morgan fingerprint density at radius 3 is 2.81 bits per heavy atom. The molecule has 2 aliphatic heterocycles. The number of rotatable bonds is 2. The highest BCUT2D eigenvalue weighted by atomic mass is 35.5. The van der Waals surface area contributed by atoms with Crippen LogP contribution in [0.1, 0.15) is 19.3 Å². The van der Waals surface area contributed by atoms with E-state index in [-0.39, 0.29) is 5.91 Å². The zero-order valence-electron chi connectivity index (χ0n) is 14.4. The van der Waals surface area contributed by atoms with Crippen LogP contribution < -0.4 is 9.80 Å². The summed E-state index contributed by atoms with van der Waals surface area (Å²) in [5, 5.41) is 0.602. The van der Waals surface area contributed by atoms with Crippen molar-refractivity contribution < 1.29 is 4.79 Å². The molecule has 2 aromatic rings. The average Bonchev–Trinajstić information content (AvgIpc) is 2.98. The van der Waals surface area contributed by atoms with E-state index >= 15 is 0 Å². The van der Waals surface area contributed by atoms with Crippen LogP contribution in [-0.4, -0.2) is 30.5 Å². The van der Waals surface area contributed by atoms with E-state index in [4.69, 9.17) is 18.2 Å². The van der Waals surface area contributed by atoms with Crippen molar-refractivity contribution in [2.45, 2.75) is 19.3 Å². The summed E-state index contributed by atoms with van der Waals surface area (Å²) in [5.41, 5.74) is 0.902. The number of carbonyl (C=O) groups is 1. The molecular weight excluding hydrogens is 348 g/mol. The van der Waals surface area contributed by atoms with Crippen molar-refractivity contribution in [1.29, 1.82) is 0 Å². The number of carbonyl (C=O) groups excluding carboxylic acids is 1. The van der Waals surface area contributed by atoms with Gasteiger partial charge in [0.15, 0.2) is 0 Å². The van der Waals surface area contributed by atoms with Crippen molar-refractivity contribution in [2.24, 2.45) is 5.41 Å². The molecule has 0 bridgehead atoms. The van der Waals surface area contributed by atoms with Gasteiger partial charge in [-0.1, -0.05) is 35.9 Å². The van der Waals surface area contributed by atoms with Gasteiger partial charge in [0.05, 0.1) is 22.7 Å². The van der Waals surface area contributed by atoms with Crippen LogP contribution in [0.25, 0.3) is 4.85 Å². The molecule has 0 N–H and O–H groups in total. The summed E-state index contributed by atoms with van der Waals surface area (Å²) in [4.78, 5) is 25.2. The summed E-state index contributed by atoms with van der Waals surface area (Å²) in [6.45, 7) is 9.48. The van der Waals surface area contributed by atoms with Gasteiger partial charge in [-0.25, -0.2) is 4.85 Å². The van der Waals surface area contributed by atoms with Gasteiger partial charge in [-0.2, -0.15) is 0 Å². The molecule has 3 heterocycles. The summed E-state index contributed by atoms with van der Waals surface area (Å²) in [5.74, 6) is 0.821. The van der Waals surface area contributed by atoms with E-state index in [0.717, 1.165) is 31.5 Å². The quantitative estimate of drug-likeness (QED) is 0.744. The first-order valence-electron chi connectivity index (χ1n) is 8.78. The molecule has 0 aliphatic carbocycles. The zero-order valence-corrected chi connectivity index (χ0v) is 15.1. The van der Waals surface area contributed by atoms with E-state index in [2.05, 4.69) is 14.7 Å². The molecule has 5 nitrogen and oxygen atoms in total. The van der Waals surface area contributed by atoms with Gasteiger partial charge in [-0.15, -0.1) is 0 Å². The number of nitrogens with zero attached hydrogens (tertiary/aromatic N) is 4. The summed E-state index contributed by atoms with van der Waals surface area (Å²) >= 11 is 6.31. The van der Waals surface area contributed by atoms with Crippen molar-refractivity contribution in [2.75, 3.05) is 29.4 Å². The molecule has 1 aromatic heterocycles. The van der Waals surface area contributed by atoms with E-state index in [9.17, 15) is 4.79 Å². The number of hydrogen-bond acceptors (Lipinski definition) is 3. The lowest BCUT2D eigenvalue weighted by Crippen LogP contribution is -2.48. The molecule has 4 rings (SSSR count). The van der Waals surface area contributed by atoms with Crippen LogP contribution in [-0.2, 0) is 4.79 Å². The first kappa shape index (κ1) is 16.9. The molecular formula is C20H19ClN4O. The van der Waals surface area contributed by atoms with Gasteiger partial charge in [0.1, 0.15) is 5.82 Å². The Bertz CT molecular complexity index is 893. The molecule has 6 heteroatoms. The van der Waals surface area contributed by atoms with Gasteiger partial charge in [-0.3, -0.25) is 9.78 Å². The van der Waals surface area contributed by atoms with E-state index in [1.807, 2.05) is 29.2 Å². The fourth-order valence-electron chi connectivity index (χ4n) is 4.13. The minimum absolute atomic E-state index is 0.135. The molecule has 1 aromatic carbocycles. The van der Waals surface area contributed by atoms with Crippen LogP contribution in [0, 0.1) is 12.0 Å². The largest absolute Gasteiger partial charge is 0.364 e. The fraction of sp³-hybridized carbons (Fsp3) is 0.350. The maximum atomic E-state index is 13.3. The number of pyridine rings is 1. The number of aromatic nitrogens is 1. The number of halogens is 1. The highest BCUT2D eigenvalue weighted by Crippen LogP contribution is 2.44. The Morgan fingerprint density at radius 2 is 2.00 bits per heavy atom. The number of piperidine rings is 1. The van der Waals surface area contributed by atoms with Crippen LogP contribution in [0.4, 0.5) is 17.2 Å². The van der Waals surface area contributed by atoms with E-state index < -0.39 is 5.41 Å². The van der Waals surface area contributed by atoms with Gasteiger partial charge in [0.2, 0.25) is 11.6 Å². The third kappa shape index (κ3) is 2.71. The lowest BCUT2D eigenvalue weighted by Gasteiger charge is -2.40. The summed E-state index contributed by atoms with van der Waals surface area (Å²) in [7, 11) is 0. The first-order valence-corrected chi connectivity index (χ1v) is 9.16. The molecule has 132 valence electrons. The van der Waals surface area contributed by atoms with Gasteiger partial charge < -0.3 is 9.80 Å². The monoisotopic (exact) mass is 366 g/mol. The SMILES string of the molecule is [C-]#[N+]c1cccnc1N1CCC[C@@]2(CCN(c3ccccc3Cl)C2=O)C1. The van der Waals surface area contributed by atoms with E-state index in [1.165, 1.54) is 0 Å². The van der Waals surface area contributed by atoms with Crippen LogP contribution in [0.2, 0.25) is 5.02 Å². The van der Waals surface area contributed by atoms with Gasteiger partial charge in [-0.05, 0) is 31.4 Å². The van der Waals surface area contributed by atoms with Crippen LogP contribution in [0.3, 0.4) is 0 Å². The molecule has 2 fully saturated rings. The summed E-state index contributed by atoms with van der Waals surface area (Å²) < 4.78 is 0. The summed E-state index contributed by atoms with van der Waals surface area (Å²) in [6, 6.07) is 11.0. The number of benzene rings is 1. The summed E-state index contributed by atoms with van der Waals surface area (Å²) in [6.07, 6.45) is 4.28. The minimum Gasteiger partial charge on any atom is -0.364 e. The Hall–Kier alpha value is -2.58. The number of anilines is 2. The standard InChI is InChI=1S/C20H19ClN4O/c1-22-16-7-4-11-23-18(16)24-12-5-9-20(14-24)10-13-25(19(20)26)17-8-3-2-6-15(17)21/h2-4,6-8,11H,5,9-10,12-14H2/t20-/m1/s1. The normalized spacial score (nSPS) is 22.7. The Morgan fingerprint density at radius 1 is 1.15 bits per heavy atom. The molecule has 1 atom stereocenters. The van der Waals surface area contributed by atoms with Crippen LogP contribution in [0.15, 0.2) is 42.6 Å². The third-order valence-electron chi connectivity index (χ3n) is 5.42. The first-order chi connectivity index (χ1) is 12.6. The van der Waals surface area contributed by atoms with Crippen LogP contribution >= 0.6 is 11.6 Å². The molecule has 26 heavy (non-hydrogen) atoms. The highest BCUT2D eigenvalue weighted by Gasteiger charge is 2.49. The zero-order chi connectivity index (χ0) is 18.1. The van der Waals surface area contributed by atoms with Crippen molar-refractivity contribution in [3.8, 4) is 0 Å². The van der Waals surface area contributed by atoms with Gasteiger partial charge >= 0.3 is 0 Å². The van der Waals surface area contributed by atoms with Crippen molar-refractivity contribution >= 4 is 34.7 Å². The second-order valence-corrected chi connectivity index (χ2v) is 7.33. The smallest absolute Gasteiger partial charge is 0.235 e. The second kappa shape index (κ2) is 6.62. The number of amides is 1. The average molecular weight is 367 g/mol. The van der Waals surface area contributed by atoms with Crippen LogP contribution in [0.5, 0.6) is 0 Å². The predicted octanol–water partition coefficient (Wildman–Crippen LogP) is 4.31. The Balaban J connectivity index is 1.62. The van der Waals surface area contributed by atoms with E-state index in [1.54, 1.807) is 18.3 Å². The van der Waals surface area contributed by atoms with Gasteiger partial charge in [0.25, 0.3) is 0 Å². The predicted molar refractivity (Wildman–Crippen MR) is 103 cm³/mol. The number of hydrogen-bond donors (Lipinski definition) is 0. The Labute approximate surface area is 158 Å². The highest BCUT2D eigenvalue weighted by molar-refractivity contribution is 6.34. The van der Waals surface area contributed by atoms with E-state index in [0.29, 0.717) is 29.6 Å². The maximum absolute atomic E-state index is 13.3. The van der Waals surface area contributed by atoms with Gasteiger partial charge in [0, 0.05) is 25.8 Å². The molecule has 1 amide bonds. The lowest BCUT2D eigenvalue weighted by molar-refractivity contribution is -0.126. The number of para-hydroxylation sites is 1. The second-order valence-electron chi connectivity index (χ2n) is 6.92. The lowest BCUT2D eigenvalue weighted by atomic mass is 9.78. The molecule has 2 aliphatic rings. The fourth-order valence-corrected chi connectivity index (χ4v) is 4.37. The molecule has 2 saturated heterocycles.